The van der Waals surface area contributed by atoms with Crippen molar-refractivity contribution < 1.29 is 13.2 Å². The normalized spacial score (nSPS) is 16.4. The number of anilines is 1. The van der Waals surface area contributed by atoms with E-state index in [0.29, 0.717) is 17.2 Å². The van der Waals surface area contributed by atoms with E-state index in [1.54, 1.807) is 16.4 Å². The number of nitrogens with zero attached hydrogens (tertiary/aromatic N) is 2. The highest BCUT2D eigenvalue weighted by molar-refractivity contribution is 7.89. The number of aromatic nitrogens is 1. The molecule has 2 heterocycles. The number of thiazole rings is 1. The van der Waals surface area contributed by atoms with Crippen LogP contribution in [0.2, 0.25) is 0 Å². The fraction of sp³-hybridized carbons (Fsp3) is 0.241. The molecule has 1 saturated heterocycles. The molecular formula is C29H29N3O3S2. The largest absolute Gasteiger partial charge is 0.298 e. The lowest BCUT2D eigenvalue weighted by Gasteiger charge is -2.34. The second-order valence-corrected chi connectivity index (χ2v) is 11.9. The van der Waals surface area contributed by atoms with Crippen molar-refractivity contribution in [2.75, 3.05) is 11.9 Å². The van der Waals surface area contributed by atoms with Gasteiger partial charge in [-0.2, -0.15) is 4.31 Å². The van der Waals surface area contributed by atoms with E-state index in [9.17, 15) is 13.2 Å². The summed E-state index contributed by atoms with van der Waals surface area (Å²) >= 11 is 1.35. The summed E-state index contributed by atoms with van der Waals surface area (Å²) < 4.78 is 28.0. The molecule has 4 aromatic rings. The first kappa shape index (κ1) is 25.3. The van der Waals surface area contributed by atoms with Crippen molar-refractivity contribution in [2.45, 2.75) is 43.5 Å². The molecule has 190 valence electrons. The maximum Gasteiger partial charge on any atom is 0.257 e. The summed E-state index contributed by atoms with van der Waals surface area (Å²) in [6.07, 6.45) is 3.63. The second kappa shape index (κ2) is 11.0. The van der Waals surface area contributed by atoms with Gasteiger partial charge in [-0.1, -0.05) is 67.9 Å². The Hall–Kier alpha value is -3.33. The lowest BCUT2D eigenvalue weighted by molar-refractivity contribution is 0.102. The van der Waals surface area contributed by atoms with Crippen LogP contribution in [0.5, 0.6) is 0 Å². The lowest BCUT2D eigenvalue weighted by Crippen LogP contribution is -2.43. The molecule has 1 atom stereocenters. The summed E-state index contributed by atoms with van der Waals surface area (Å²) in [5, 5.41) is 5.23. The van der Waals surface area contributed by atoms with Crippen LogP contribution in [-0.4, -0.2) is 36.2 Å². The van der Waals surface area contributed by atoms with Crippen LogP contribution in [0.1, 0.15) is 43.0 Å². The Morgan fingerprint density at radius 2 is 1.62 bits per heavy atom. The van der Waals surface area contributed by atoms with Crippen LogP contribution in [0.25, 0.3) is 22.4 Å². The number of carbonyl (C=O) groups excluding carboxylic acids is 1. The molecule has 3 aromatic carbocycles. The standard InChI is InChI=1S/C29H29N3O3S2/c1-2-25-10-6-7-19-32(25)37(34,35)26-17-15-24(16-18-26)28(33)31-29-30-27(20-36-29)23-13-11-22(12-14-23)21-8-4-3-5-9-21/h3-5,8-9,11-18,20,25H,2,6-7,10,19H2,1H3,(H,30,31,33). The highest BCUT2D eigenvalue weighted by Crippen LogP contribution is 2.29. The molecule has 1 aliphatic rings. The summed E-state index contributed by atoms with van der Waals surface area (Å²) in [4.78, 5) is 17.6. The summed E-state index contributed by atoms with van der Waals surface area (Å²) in [6, 6.07) is 24.5. The predicted octanol–water partition coefficient (Wildman–Crippen LogP) is 6.68. The third-order valence-electron chi connectivity index (χ3n) is 6.78. The quantitative estimate of drug-likeness (QED) is 0.288. The lowest BCUT2D eigenvalue weighted by atomic mass is 10.0. The molecule has 1 unspecified atom stereocenters. The average Bonchev–Trinajstić information content (AvgIpc) is 3.42. The third kappa shape index (κ3) is 5.51. The molecular weight excluding hydrogens is 502 g/mol. The number of hydrogen-bond donors (Lipinski definition) is 1. The van der Waals surface area contributed by atoms with E-state index in [0.717, 1.165) is 48.1 Å². The van der Waals surface area contributed by atoms with Crippen molar-refractivity contribution in [2.24, 2.45) is 0 Å². The van der Waals surface area contributed by atoms with Gasteiger partial charge in [-0.25, -0.2) is 13.4 Å². The number of rotatable bonds is 7. The molecule has 0 aliphatic carbocycles. The molecule has 8 heteroatoms. The zero-order chi connectivity index (χ0) is 25.8. The fourth-order valence-corrected chi connectivity index (χ4v) is 7.19. The van der Waals surface area contributed by atoms with Gasteiger partial charge in [0.05, 0.1) is 10.6 Å². The number of nitrogens with one attached hydrogen (secondary N) is 1. The summed E-state index contributed by atoms with van der Waals surface area (Å²) in [5.74, 6) is -0.325. The minimum Gasteiger partial charge on any atom is -0.298 e. The van der Waals surface area contributed by atoms with Crippen LogP contribution in [0.3, 0.4) is 0 Å². The topological polar surface area (TPSA) is 79.4 Å². The van der Waals surface area contributed by atoms with E-state index in [-0.39, 0.29) is 16.8 Å². The number of sulfonamides is 1. The monoisotopic (exact) mass is 531 g/mol. The molecule has 1 N–H and O–H groups in total. The highest BCUT2D eigenvalue weighted by Gasteiger charge is 2.32. The average molecular weight is 532 g/mol. The first-order valence-electron chi connectivity index (χ1n) is 12.5. The molecule has 0 bridgehead atoms. The second-order valence-electron chi connectivity index (χ2n) is 9.13. The van der Waals surface area contributed by atoms with Gasteiger partial charge in [-0.05, 0) is 54.7 Å². The van der Waals surface area contributed by atoms with Crippen molar-refractivity contribution in [3.8, 4) is 22.4 Å². The van der Waals surface area contributed by atoms with E-state index in [1.807, 2.05) is 42.6 Å². The van der Waals surface area contributed by atoms with Gasteiger partial charge in [0.15, 0.2) is 5.13 Å². The number of carbonyl (C=O) groups is 1. The van der Waals surface area contributed by atoms with Crippen LogP contribution < -0.4 is 5.32 Å². The van der Waals surface area contributed by atoms with Gasteiger partial charge in [0, 0.05) is 29.1 Å². The van der Waals surface area contributed by atoms with Gasteiger partial charge >= 0.3 is 0 Å². The van der Waals surface area contributed by atoms with E-state index in [4.69, 9.17) is 0 Å². The van der Waals surface area contributed by atoms with E-state index in [1.165, 1.54) is 23.5 Å². The number of amides is 1. The van der Waals surface area contributed by atoms with Crippen molar-refractivity contribution in [1.29, 1.82) is 0 Å². The van der Waals surface area contributed by atoms with Crippen LogP contribution in [0, 0.1) is 0 Å². The predicted molar refractivity (Wildman–Crippen MR) is 149 cm³/mol. The molecule has 5 rings (SSSR count). The number of piperidine rings is 1. The van der Waals surface area contributed by atoms with E-state index < -0.39 is 10.0 Å². The zero-order valence-electron chi connectivity index (χ0n) is 20.6. The van der Waals surface area contributed by atoms with Crippen LogP contribution in [0.4, 0.5) is 5.13 Å². The Morgan fingerprint density at radius 1 is 0.946 bits per heavy atom. The molecule has 1 aromatic heterocycles. The molecule has 6 nitrogen and oxygen atoms in total. The first-order chi connectivity index (χ1) is 18.0. The highest BCUT2D eigenvalue weighted by atomic mass is 32.2. The van der Waals surface area contributed by atoms with Gasteiger partial charge in [0.25, 0.3) is 5.91 Å². The Balaban J connectivity index is 1.25. The molecule has 37 heavy (non-hydrogen) atoms. The minimum atomic E-state index is -3.58. The molecule has 1 amide bonds. The van der Waals surface area contributed by atoms with Crippen molar-refractivity contribution in [1.82, 2.24) is 9.29 Å². The van der Waals surface area contributed by atoms with Crippen LogP contribution >= 0.6 is 11.3 Å². The van der Waals surface area contributed by atoms with E-state index >= 15 is 0 Å². The maximum absolute atomic E-state index is 13.2. The molecule has 0 radical (unpaired) electrons. The van der Waals surface area contributed by atoms with Crippen molar-refractivity contribution in [3.05, 3.63) is 89.8 Å². The fourth-order valence-electron chi connectivity index (χ4n) is 4.71. The van der Waals surface area contributed by atoms with Gasteiger partial charge in [-0.3, -0.25) is 10.1 Å². The Bertz CT molecular complexity index is 1470. The smallest absolute Gasteiger partial charge is 0.257 e. The Labute approximate surface area is 222 Å². The van der Waals surface area contributed by atoms with Crippen LogP contribution in [-0.2, 0) is 10.0 Å². The number of benzene rings is 3. The molecule has 0 saturated carbocycles. The van der Waals surface area contributed by atoms with Crippen molar-refractivity contribution >= 4 is 32.4 Å². The summed E-state index contributed by atoms with van der Waals surface area (Å²) in [5.41, 5.74) is 4.42. The maximum atomic E-state index is 13.2. The SMILES string of the molecule is CCC1CCCCN1S(=O)(=O)c1ccc(C(=O)Nc2nc(-c3ccc(-c4ccccc4)cc3)cs2)cc1. The van der Waals surface area contributed by atoms with E-state index in [2.05, 4.69) is 34.6 Å². The van der Waals surface area contributed by atoms with Gasteiger partial charge in [0.2, 0.25) is 10.0 Å². The minimum absolute atomic E-state index is 0.0374. The first-order valence-corrected chi connectivity index (χ1v) is 14.8. The summed E-state index contributed by atoms with van der Waals surface area (Å²) in [6.45, 7) is 2.57. The summed E-state index contributed by atoms with van der Waals surface area (Å²) in [7, 11) is -3.58. The third-order valence-corrected chi connectivity index (χ3v) is 9.50. The van der Waals surface area contributed by atoms with Crippen molar-refractivity contribution in [3.63, 3.8) is 0 Å². The molecule has 1 aliphatic heterocycles. The number of hydrogen-bond acceptors (Lipinski definition) is 5. The Morgan fingerprint density at radius 3 is 2.32 bits per heavy atom. The van der Waals surface area contributed by atoms with Crippen LogP contribution in [0.15, 0.2) is 89.1 Å². The Kier molecular flexibility index (Phi) is 7.50. The molecule has 1 fully saturated rings. The zero-order valence-corrected chi connectivity index (χ0v) is 22.3. The molecule has 0 spiro atoms. The van der Waals surface area contributed by atoms with Gasteiger partial charge in [-0.15, -0.1) is 11.3 Å². The van der Waals surface area contributed by atoms with Gasteiger partial charge < -0.3 is 0 Å². The van der Waals surface area contributed by atoms with Gasteiger partial charge in [0.1, 0.15) is 0 Å².